The molecule has 0 atom stereocenters. The third kappa shape index (κ3) is 6.07. The summed E-state index contributed by atoms with van der Waals surface area (Å²) in [5.41, 5.74) is 1.16. The van der Waals surface area contributed by atoms with Gasteiger partial charge < -0.3 is 5.11 Å². The quantitative estimate of drug-likeness (QED) is 0.789. The van der Waals surface area contributed by atoms with Gasteiger partial charge in [-0.15, -0.1) is 0 Å². The van der Waals surface area contributed by atoms with Crippen LogP contribution in [-0.4, -0.2) is 29.1 Å². The summed E-state index contributed by atoms with van der Waals surface area (Å²) in [5.74, 6) is -0.160. The van der Waals surface area contributed by atoms with Crippen molar-refractivity contribution in [3.05, 3.63) is 35.9 Å². The molecule has 1 rings (SSSR count). The van der Waals surface area contributed by atoms with Crippen molar-refractivity contribution in [2.75, 3.05) is 13.1 Å². The maximum Gasteiger partial charge on any atom is 0.317 e. The zero-order valence-electron chi connectivity index (χ0n) is 10.6. The molecule has 0 saturated heterocycles. The molecule has 0 aromatic heterocycles. The number of benzene rings is 1. The van der Waals surface area contributed by atoms with Gasteiger partial charge in [-0.25, -0.2) is 0 Å². The molecule has 1 aromatic rings. The second-order valence-corrected chi connectivity index (χ2v) is 4.77. The average molecular weight is 235 g/mol. The highest BCUT2D eigenvalue weighted by Crippen LogP contribution is 2.07. The Bertz CT molecular complexity index is 335. The van der Waals surface area contributed by atoms with E-state index >= 15 is 0 Å². The molecule has 0 amide bonds. The fourth-order valence-corrected chi connectivity index (χ4v) is 1.69. The van der Waals surface area contributed by atoms with Crippen molar-refractivity contribution in [1.82, 2.24) is 4.90 Å². The van der Waals surface area contributed by atoms with E-state index in [4.69, 9.17) is 5.11 Å². The first-order valence-corrected chi connectivity index (χ1v) is 6.06. The van der Waals surface area contributed by atoms with Crippen LogP contribution in [0.1, 0.15) is 25.8 Å². The van der Waals surface area contributed by atoms with Crippen molar-refractivity contribution in [3.63, 3.8) is 0 Å². The summed E-state index contributed by atoms with van der Waals surface area (Å²) in [6.45, 7) is 5.96. The van der Waals surface area contributed by atoms with E-state index in [2.05, 4.69) is 13.8 Å². The highest BCUT2D eigenvalue weighted by Gasteiger charge is 2.10. The first-order valence-electron chi connectivity index (χ1n) is 6.06. The molecule has 0 aliphatic carbocycles. The molecular formula is C14H21NO2. The van der Waals surface area contributed by atoms with Crippen LogP contribution in [0.2, 0.25) is 0 Å². The molecule has 0 radical (unpaired) electrons. The van der Waals surface area contributed by atoms with E-state index in [0.29, 0.717) is 12.5 Å². The lowest BCUT2D eigenvalue weighted by molar-refractivity contribution is -0.138. The van der Waals surface area contributed by atoms with Crippen LogP contribution in [0.4, 0.5) is 0 Å². The SMILES string of the molecule is CC(C)CCN(CC(=O)O)Cc1ccccc1. The normalized spacial score (nSPS) is 11.1. The van der Waals surface area contributed by atoms with Crippen molar-refractivity contribution in [2.45, 2.75) is 26.8 Å². The van der Waals surface area contributed by atoms with Crippen molar-refractivity contribution < 1.29 is 9.90 Å². The van der Waals surface area contributed by atoms with Gasteiger partial charge in [-0.3, -0.25) is 9.69 Å². The molecule has 3 nitrogen and oxygen atoms in total. The van der Waals surface area contributed by atoms with Crippen molar-refractivity contribution in [1.29, 1.82) is 0 Å². The molecular weight excluding hydrogens is 214 g/mol. The lowest BCUT2D eigenvalue weighted by atomic mass is 10.1. The molecule has 1 N–H and O–H groups in total. The topological polar surface area (TPSA) is 40.5 Å². The maximum absolute atomic E-state index is 10.8. The lowest BCUT2D eigenvalue weighted by Gasteiger charge is -2.21. The molecule has 3 heteroatoms. The third-order valence-corrected chi connectivity index (χ3v) is 2.63. The first-order chi connectivity index (χ1) is 8.08. The van der Waals surface area contributed by atoms with Crippen LogP contribution >= 0.6 is 0 Å². The summed E-state index contributed by atoms with van der Waals surface area (Å²) in [7, 11) is 0. The van der Waals surface area contributed by atoms with E-state index in [1.54, 1.807) is 0 Å². The summed E-state index contributed by atoms with van der Waals surface area (Å²) in [6, 6.07) is 10.0. The standard InChI is InChI=1S/C14H21NO2/c1-12(2)8-9-15(11-14(16)17)10-13-6-4-3-5-7-13/h3-7,12H,8-11H2,1-2H3,(H,16,17). The second kappa shape index (κ2) is 7.07. The number of hydrogen-bond acceptors (Lipinski definition) is 2. The molecule has 0 fully saturated rings. The van der Waals surface area contributed by atoms with Gasteiger partial charge in [0, 0.05) is 6.54 Å². The summed E-state index contributed by atoms with van der Waals surface area (Å²) in [4.78, 5) is 12.8. The Morgan fingerprint density at radius 3 is 2.47 bits per heavy atom. The van der Waals surface area contributed by atoms with Crippen molar-refractivity contribution in [2.24, 2.45) is 5.92 Å². The molecule has 1 aromatic carbocycles. The van der Waals surface area contributed by atoms with Crippen molar-refractivity contribution >= 4 is 5.97 Å². The Hall–Kier alpha value is -1.35. The number of carboxylic acid groups (broad SMARTS) is 1. The Kier molecular flexibility index (Phi) is 5.70. The smallest absolute Gasteiger partial charge is 0.317 e. The van der Waals surface area contributed by atoms with Gasteiger partial charge in [-0.2, -0.15) is 0 Å². The van der Waals surface area contributed by atoms with E-state index in [1.807, 2.05) is 35.2 Å². The van der Waals surface area contributed by atoms with Crippen LogP contribution in [0.25, 0.3) is 0 Å². The van der Waals surface area contributed by atoms with Crippen LogP contribution in [0.5, 0.6) is 0 Å². The second-order valence-electron chi connectivity index (χ2n) is 4.77. The number of carboxylic acids is 1. The van der Waals surface area contributed by atoms with Crippen LogP contribution in [0, 0.1) is 5.92 Å². The molecule has 0 aliphatic rings. The number of rotatable bonds is 7. The average Bonchev–Trinajstić information content (AvgIpc) is 2.26. The Morgan fingerprint density at radius 1 is 1.29 bits per heavy atom. The summed E-state index contributed by atoms with van der Waals surface area (Å²) in [5, 5.41) is 8.89. The van der Waals surface area contributed by atoms with Gasteiger partial charge in [0.1, 0.15) is 0 Å². The minimum Gasteiger partial charge on any atom is -0.480 e. The zero-order chi connectivity index (χ0) is 12.7. The minimum absolute atomic E-state index is 0.113. The molecule has 0 heterocycles. The molecule has 0 saturated carbocycles. The van der Waals surface area contributed by atoms with Gasteiger partial charge in [0.05, 0.1) is 6.54 Å². The number of hydrogen-bond donors (Lipinski definition) is 1. The monoisotopic (exact) mass is 235 g/mol. The van der Waals surface area contributed by atoms with Gasteiger partial charge in [-0.1, -0.05) is 44.2 Å². The Morgan fingerprint density at radius 2 is 1.94 bits per heavy atom. The fourth-order valence-electron chi connectivity index (χ4n) is 1.69. The predicted molar refractivity (Wildman–Crippen MR) is 68.8 cm³/mol. The lowest BCUT2D eigenvalue weighted by Crippen LogP contribution is -2.30. The van der Waals surface area contributed by atoms with Crippen LogP contribution in [0.3, 0.4) is 0 Å². The highest BCUT2D eigenvalue weighted by molar-refractivity contribution is 5.69. The molecule has 0 aliphatic heterocycles. The van der Waals surface area contributed by atoms with Gasteiger partial charge in [0.2, 0.25) is 0 Å². The first kappa shape index (κ1) is 13.7. The molecule has 0 bridgehead atoms. The number of aliphatic carboxylic acids is 1. The number of nitrogens with zero attached hydrogens (tertiary/aromatic N) is 1. The fraction of sp³-hybridized carbons (Fsp3) is 0.500. The predicted octanol–water partition coefficient (Wildman–Crippen LogP) is 2.62. The van der Waals surface area contributed by atoms with E-state index in [0.717, 1.165) is 18.5 Å². The maximum atomic E-state index is 10.8. The summed E-state index contributed by atoms with van der Waals surface area (Å²) in [6.07, 6.45) is 1.03. The van der Waals surface area contributed by atoms with Gasteiger partial charge in [0.15, 0.2) is 0 Å². The van der Waals surface area contributed by atoms with E-state index < -0.39 is 5.97 Å². The minimum atomic E-state index is -0.760. The highest BCUT2D eigenvalue weighted by atomic mass is 16.4. The van der Waals surface area contributed by atoms with Crippen LogP contribution in [-0.2, 0) is 11.3 Å². The van der Waals surface area contributed by atoms with Crippen LogP contribution < -0.4 is 0 Å². The summed E-state index contributed by atoms with van der Waals surface area (Å²) >= 11 is 0. The molecule has 94 valence electrons. The van der Waals surface area contributed by atoms with E-state index in [9.17, 15) is 4.79 Å². The Labute approximate surface area is 103 Å². The number of carbonyl (C=O) groups is 1. The van der Waals surface area contributed by atoms with E-state index in [1.165, 1.54) is 0 Å². The Balaban J connectivity index is 2.54. The zero-order valence-corrected chi connectivity index (χ0v) is 10.6. The molecule has 0 spiro atoms. The third-order valence-electron chi connectivity index (χ3n) is 2.63. The van der Waals surface area contributed by atoms with Crippen LogP contribution in [0.15, 0.2) is 30.3 Å². The summed E-state index contributed by atoms with van der Waals surface area (Å²) < 4.78 is 0. The van der Waals surface area contributed by atoms with Gasteiger partial charge in [0.25, 0.3) is 0 Å². The molecule has 0 unspecified atom stereocenters. The van der Waals surface area contributed by atoms with E-state index in [-0.39, 0.29) is 6.54 Å². The largest absolute Gasteiger partial charge is 0.480 e. The molecule has 17 heavy (non-hydrogen) atoms. The van der Waals surface area contributed by atoms with Gasteiger partial charge >= 0.3 is 5.97 Å². The van der Waals surface area contributed by atoms with Gasteiger partial charge in [-0.05, 0) is 24.4 Å². The van der Waals surface area contributed by atoms with Crippen molar-refractivity contribution in [3.8, 4) is 0 Å².